The molecule has 2 N–H and O–H groups in total. The van der Waals surface area contributed by atoms with E-state index < -0.39 is 0 Å². The lowest BCUT2D eigenvalue weighted by Gasteiger charge is -2.06. The van der Waals surface area contributed by atoms with Gasteiger partial charge in [-0.1, -0.05) is 12.5 Å². The number of nitrogens with zero attached hydrogens (tertiary/aromatic N) is 4. The lowest BCUT2D eigenvalue weighted by atomic mass is 10.1. The van der Waals surface area contributed by atoms with Gasteiger partial charge in [-0.2, -0.15) is 14.9 Å². The molecule has 0 aliphatic heterocycles. The zero-order valence-corrected chi connectivity index (χ0v) is 13.6. The summed E-state index contributed by atoms with van der Waals surface area (Å²) in [6.07, 6.45) is 5.38. The fourth-order valence-corrected chi connectivity index (χ4v) is 3.64. The third-order valence-corrected chi connectivity index (χ3v) is 4.73. The van der Waals surface area contributed by atoms with Gasteiger partial charge in [0.2, 0.25) is 0 Å². The quantitative estimate of drug-likeness (QED) is 0.881. The van der Waals surface area contributed by atoms with Crippen LogP contribution >= 0.6 is 11.8 Å². The number of thioether (sulfide) groups is 1. The monoisotopic (exact) mass is 303 g/mol. The molecule has 0 aromatic carbocycles. The summed E-state index contributed by atoms with van der Waals surface area (Å²) in [5.74, 6) is 2.47. The van der Waals surface area contributed by atoms with Crippen LogP contribution in [0.15, 0.2) is 22.9 Å². The number of allylic oxidation sites excluding steroid dienone is 2. The van der Waals surface area contributed by atoms with E-state index >= 15 is 0 Å². The SMILES string of the molecule is CCSc1nn(-c2ccn(C)n2)c(N)c1C1=C(C)CCC1. The third kappa shape index (κ3) is 2.48. The molecule has 21 heavy (non-hydrogen) atoms. The molecule has 0 bridgehead atoms. The van der Waals surface area contributed by atoms with Crippen LogP contribution in [0.4, 0.5) is 5.82 Å². The molecular formula is C15H21N5S. The molecule has 1 aliphatic carbocycles. The largest absolute Gasteiger partial charge is 0.383 e. The van der Waals surface area contributed by atoms with E-state index in [1.807, 2.05) is 19.3 Å². The van der Waals surface area contributed by atoms with E-state index in [-0.39, 0.29) is 0 Å². The van der Waals surface area contributed by atoms with Crippen LogP contribution < -0.4 is 5.73 Å². The highest BCUT2D eigenvalue weighted by atomic mass is 32.2. The number of hydrogen-bond donors (Lipinski definition) is 1. The number of aromatic nitrogens is 4. The molecule has 0 fully saturated rings. The van der Waals surface area contributed by atoms with Crippen LogP contribution in [0.25, 0.3) is 11.4 Å². The van der Waals surface area contributed by atoms with Crippen molar-refractivity contribution in [3.63, 3.8) is 0 Å². The summed E-state index contributed by atoms with van der Waals surface area (Å²) in [6, 6.07) is 1.93. The second kappa shape index (κ2) is 5.60. The maximum absolute atomic E-state index is 6.42. The molecule has 1 aliphatic rings. The highest BCUT2D eigenvalue weighted by Gasteiger charge is 2.24. The Bertz CT molecular complexity index is 695. The molecule has 5 nitrogen and oxygen atoms in total. The Hall–Kier alpha value is -1.69. The van der Waals surface area contributed by atoms with Crippen LogP contribution in [0, 0.1) is 0 Å². The van der Waals surface area contributed by atoms with Gasteiger partial charge in [0, 0.05) is 19.3 Å². The summed E-state index contributed by atoms with van der Waals surface area (Å²) >= 11 is 1.75. The predicted molar refractivity (Wildman–Crippen MR) is 87.6 cm³/mol. The minimum atomic E-state index is 0.709. The van der Waals surface area contributed by atoms with E-state index in [0.717, 1.165) is 28.6 Å². The van der Waals surface area contributed by atoms with Crippen molar-refractivity contribution >= 4 is 23.2 Å². The van der Waals surface area contributed by atoms with Crippen LogP contribution in [0.2, 0.25) is 0 Å². The summed E-state index contributed by atoms with van der Waals surface area (Å²) < 4.78 is 3.54. The second-order valence-electron chi connectivity index (χ2n) is 5.37. The lowest BCUT2D eigenvalue weighted by molar-refractivity contribution is 0.727. The second-order valence-corrected chi connectivity index (χ2v) is 6.62. The van der Waals surface area contributed by atoms with Gasteiger partial charge < -0.3 is 5.73 Å². The van der Waals surface area contributed by atoms with E-state index in [4.69, 9.17) is 10.8 Å². The summed E-state index contributed by atoms with van der Waals surface area (Å²) in [4.78, 5) is 0. The van der Waals surface area contributed by atoms with Crippen molar-refractivity contribution in [2.24, 2.45) is 7.05 Å². The average molecular weight is 303 g/mol. The first-order valence-corrected chi connectivity index (χ1v) is 8.30. The summed E-state index contributed by atoms with van der Waals surface area (Å²) in [6.45, 7) is 4.35. The summed E-state index contributed by atoms with van der Waals surface area (Å²) in [7, 11) is 1.90. The Labute approximate surface area is 129 Å². The Kier molecular flexibility index (Phi) is 3.80. The number of anilines is 1. The zero-order chi connectivity index (χ0) is 15.0. The van der Waals surface area contributed by atoms with Crippen LogP contribution in [-0.2, 0) is 7.05 Å². The van der Waals surface area contributed by atoms with Crippen molar-refractivity contribution in [1.29, 1.82) is 0 Å². The normalized spacial score (nSPS) is 15.2. The molecular weight excluding hydrogens is 282 g/mol. The molecule has 2 aromatic heterocycles. The molecule has 0 atom stereocenters. The van der Waals surface area contributed by atoms with E-state index in [2.05, 4.69) is 18.9 Å². The lowest BCUT2D eigenvalue weighted by Crippen LogP contribution is -2.04. The predicted octanol–water partition coefficient (Wildman–Crippen LogP) is 3.26. The number of nitrogens with two attached hydrogens (primary N) is 1. The first-order chi connectivity index (χ1) is 10.1. The van der Waals surface area contributed by atoms with Crippen molar-refractivity contribution in [2.75, 3.05) is 11.5 Å². The standard InChI is InChI=1S/C15H21N5S/c1-4-21-15-13(11-7-5-6-10(11)2)14(16)20(18-15)12-8-9-19(3)17-12/h8-9H,4-7,16H2,1-3H3. The molecule has 3 rings (SSSR count). The van der Waals surface area contributed by atoms with E-state index in [0.29, 0.717) is 5.82 Å². The van der Waals surface area contributed by atoms with Gasteiger partial charge in [0.1, 0.15) is 10.8 Å². The smallest absolute Gasteiger partial charge is 0.177 e. The van der Waals surface area contributed by atoms with Gasteiger partial charge >= 0.3 is 0 Å². The van der Waals surface area contributed by atoms with Crippen LogP contribution in [-0.4, -0.2) is 25.3 Å². The maximum atomic E-state index is 6.42. The molecule has 0 unspecified atom stereocenters. The fraction of sp³-hybridized carbons (Fsp3) is 0.467. The van der Waals surface area contributed by atoms with Crippen LogP contribution in [0.3, 0.4) is 0 Å². The van der Waals surface area contributed by atoms with Gasteiger partial charge in [-0.25, -0.2) is 0 Å². The average Bonchev–Trinajstić information content (AvgIpc) is 3.11. The van der Waals surface area contributed by atoms with Crippen molar-refractivity contribution < 1.29 is 0 Å². The summed E-state index contributed by atoms with van der Waals surface area (Å²) in [5.41, 5.74) is 10.4. The van der Waals surface area contributed by atoms with Crippen molar-refractivity contribution in [1.82, 2.24) is 19.6 Å². The van der Waals surface area contributed by atoms with Gasteiger partial charge in [-0.15, -0.1) is 11.8 Å². The number of hydrogen-bond acceptors (Lipinski definition) is 4. The minimum Gasteiger partial charge on any atom is -0.383 e. The molecule has 2 heterocycles. The molecule has 0 amide bonds. The molecule has 2 aromatic rings. The molecule has 0 saturated carbocycles. The van der Waals surface area contributed by atoms with Crippen LogP contribution in [0.5, 0.6) is 0 Å². The topological polar surface area (TPSA) is 61.7 Å². The zero-order valence-electron chi connectivity index (χ0n) is 12.8. The summed E-state index contributed by atoms with van der Waals surface area (Å²) in [5, 5.41) is 10.1. The van der Waals surface area contributed by atoms with E-state index in [9.17, 15) is 0 Å². The van der Waals surface area contributed by atoms with Crippen molar-refractivity contribution in [3.8, 4) is 5.82 Å². The van der Waals surface area contributed by atoms with Gasteiger partial charge in [-0.3, -0.25) is 4.68 Å². The van der Waals surface area contributed by atoms with E-state index in [1.54, 1.807) is 21.1 Å². The van der Waals surface area contributed by atoms with Crippen molar-refractivity contribution in [3.05, 3.63) is 23.4 Å². The molecule has 112 valence electrons. The first-order valence-electron chi connectivity index (χ1n) is 7.32. The Morgan fingerprint density at radius 3 is 2.71 bits per heavy atom. The van der Waals surface area contributed by atoms with Crippen LogP contribution in [0.1, 0.15) is 38.7 Å². The number of aryl methyl sites for hydroxylation is 1. The molecule has 0 radical (unpaired) electrons. The van der Waals surface area contributed by atoms with Gasteiger partial charge in [0.25, 0.3) is 0 Å². The number of nitrogen functional groups attached to an aromatic ring is 1. The highest BCUT2D eigenvalue weighted by Crippen LogP contribution is 2.41. The van der Waals surface area contributed by atoms with Gasteiger partial charge in [0.15, 0.2) is 5.82 Å². The van der Waals surface area contributed by atoms with Crippen molar-refractivity contribution in [2.45, 2.75) is 38.1 Å². The Morgan fingerprint density at radius 2 is 2.14 bits per heavy atom. The Balaban J connectivity index is 2.14. The number of rotatable bonds is 4. The first kappa shape index (κ1) is 14.3. The molecule has 0 saturated heterocycles. The molecule has 6 heteroatoms. The van der Waals surface area contributed by atoms with Gasteiger partial charge in [0.05, 0.1) is 5.56 Å². The van der Waals surface area contributed by atoms with Gasteiger partial charge in [-0.05, 0) is 37.5 Å². The third-order valence-electron chi connectivity index (χ3n) is 3.88. The van der Waals surface area contributed by atoms with E-state index in [1.165, 1.54) is 24.0 Å². The minimum absolute atomic E-state index is 0.709. The maximum Gasteiger partial charge on any atom is 0.177 e. The molecule has 0 spiro atoms. The highest BCUT2D eigenvalue weighted by molar-refractivity contribution is 7.99. The Morgan fingerprint density at radius 1 is 1.33 bits per heavy atom. The fourth-order valence-electron chi connectivity index (χ4n) is 2.85.